The Bertz CT molecular complexity index is 897. The number of allylic oxidation sites excluding steroid dienone is 2. The number of anilines is 1. The molecule has 2 heterocycles. The van der Waals surface area contributed by atoms with Crippen LogP contribution in [0.4, 0.5) is 5.69 Å². The second-order valence-electron chi connectivity index (χ2n) is 8.38. The van der Waals surface area contributed by atoms with E-state index >= 15 is 0 Å². The fraction of sp³-hybridized carbons (Fsp3) is 0.609. The lowest BCUT2D eigenvalue weighted by Crippen LogP contribution is -2.29. The first-order chi connectivity index (χ1) is 13.6. The number of Topliss-reactive ketones (excluding diaryl/α,β-unsaturated/α-hetero) is 1. The minimum absolute atomic E-state index is 0.252. The number of nitrogens with one attached hydrogen (secondary N) is 1. The summed E-state index contributed by atoms with van der Waals surface area (Å²) in [5.74, 6) is 0.598. The van der Waals surface area contributed by atoms with Gasteiger partial charge in [-0.1, -0.05) is 18.9 Å². The Balaban J connectivity index is 1.70. The number of aromatic nitrogens is 3. The lowest BCUT2D eigenvalue weighted by atomic mass is 9.83. The number of nitrogens with zero attached hydrogens (tertiary/aromatic N) is 3. The highest BCUT2D eigenvalue weighted by Crippen LogP contribution is 2.43. The van der Waals surface area contributed by atoms with Gasteiger partial charge in [0.2, 0.25) is 0 Å². The van der Waals surface area contributed by atoms with Crippen LogP contribution in [0.1, 0.15) is 77.7 Å². The molecular weight excluding hydrogens is 348 g/mol. The van der Waals surface area contributed by atoms with Gasteiger partial charge in [-0.2, -0.15) is 5.10 Å². The quantitative estimate of drug-likeness (QED) is 0.702. The zero-order chi connectivity index (χ0) is 19.7. The van der Waals surface area contributed by atoms with Crippen molar-refractivity contribution < 1.29 is 4.79 Å². The highest BCUT2D eigenvalue weighted by molar-refractivity contribution is 5.96. The van der Waals surface area contributed by atoms with Crippen molar-refractivity contribution in [3.8, 4) is 0 Å². The lowest BCUT2D eigenvalue weighted by molar-refractivity contribution is -0.121. The van der Waals surface area contributed by atoms with Gasteiger partial charge in [0.15, 0.2) is 5.65 Å². The van der Waals surface area contributed by atoms with E-state index in [0.717, 1.165) is 56.1 Å². The Hall–Kier alpha value is -2.17. The topological polar surface area (TPSA) is 59.8 Å². The second kappa shape index (κ2) is 8.06. The van der Waals surface area contributed by atoms with Gasteiger partial charge in [-0.3, -0.25) is 4.79 Å². The molecular formula is C23H32N4O. The monoisotopic (exact) mass is 380 g/mol. The first-order valence-electron chi connectivity index (χ1n) is 10.9. The fourth-order valence-corrected chi connectivity index (χ4v) is 4.61. The minimum Gasteiger partial charge on any atom is -0.381 e. The van der Waals surface area contributed by atoms with E-state index in [1.807, 2.05) is 10.9 Å². The third-order valence-corrected chi connectivity index (χ3v) is 6.37. The van der Waals surface area contributed by atoms with Crippen molar-refractivity contribution in [2.24, 2.45) is 5.92 Å². The zero-order valence-electron chi connectivity index (χ0n) is 17.4. The average Bonchev–Trinajstić information content (AvgIpc) is 3.45. The summed E-state index contributed by atoms with van der Waals surface area (Å²) < 4.78 is 1.97. The second-order valence-corrected chi connectivity index (χ2v) is 8.38. The first kappa shape index (κ1) is 19.2. The molecule has 0 spiro atoms. The fourth-order valence-electron chi connectivity index (χ4n) is 4.61. The minimum atomic E-state index is 0.252. The van der Waals surface area contributed by atoms with Gasteiger partial charge in [0.25, 0.3) is 0 Å². The number of ketones is 1. The third kappa shape index (κ3) is 3.71. The van der Waals surface area contributed by atoms with Crippen LogP contribution in [0.15, 0.2) is 18.0 Å². The van der Waals surface area contributed by atoms with Gasteiger partial charge in [-0.25, -0.2) is 9.67 Å². The molecule has 2 saturated carbocycles. The van der Waals surface area contributed by atoms with Gasteiger partial charge in [-0.05, 0) is 64.4 Å². The smallest absolute Gasteiger partial charge is 0.159 e. The molecule has 5 heteroatoms. The van der Waals surface area contributed by atoms with Crippen molar-refractivity contribution in [3.63, 3.8) is 0 Å². The summed E-state index contributed by atoms with van der Waals surface area (Å²) in [6, 6.07) is 0.414. The van der Waals surface area contributed by atoms with Crippen LogP contribution in [0.2, 0.25) is 0 Å². The van der Waals surface area contributed by atoms with Crippen LogP contribution in [-0.2, 0) is 11.3 Å². The molecule has 0 amide bonds. The normalized spacial score (nSPS) is 21.8. The highest BCUT2D eigenvalue weighted by Gasteiger charge is 2.27. The predicted molar refractivity (Wildman–Crippen MR) is 114 cm³/mol. The van der Waals surface area contributed by atoms with E-state index in [1.54, 1.807) is 12.5 Å². The third-order valence-electron chi connectivity index (χ3n) is 6.37. The molecule has 0 bridgehead atoms. The molecule has 4 rings (SSSR count). The van der Waals surface area contributed by atoms with Gasteiger partial charge in [0, 0.05) is 30.3 Å². The number of carbonyl (C=O) groups excluding carboxylic acids is 1. The standard InChI is InChI=1S/C23H32N4O/c1-4-6-19(17-7-8-17)20-13-24-23-21(14-25-27(23)5-2)22(20)26-18-11-9-16(10-12-18)15(3)28/h13-14,16,18H,4-12H2,1-3H3,(H,24,26). The molecule has 2 aliphatic rings. The molecule has 28 heavy (non-hydrogen) atoms. The van der Waals surface area contributed by atoms with Gasteiger partial charge >= 0.3 is 0 Å². The van der Waals surface area contributed by atoms with Crippen molar-refractivity contribution in [3.05, 3.63) is 23.5 Å². The maximum Gasteiger partial charge on any atom is 0.159 e. The molecule has 5 nitrogen and oxygen atoms in total. The highest BCUT2D eigenvalue weighted by atomic mass is 16.1. The number of carbonyl (C=O) groups is 1. The summed E-state index contributed by atoms with van der Waals surface area (Å²) >= 11 is 0. The van der Waals surface area contributed by atoms with Crippen molar-refractivity contribution in [1.29, 1.82) is 0 Å². The molecule has 0 radical (unpaired) electrons. The van der Waals surface area contributed by atoms with Gasteiger partial charge < -0.3 is 5.32 Å². The zero-order valence-corrected chi connectivity index (χ0v) is 17.4. The molecule has 2 aromatic heterocycles. The number of rotatable bonds is 7. The molecule has 0 aromatic carbocycles. The van der Waals surface area contributed by atoms with Crippen LogP contribution in [0.25, 0.3) is 16.6 Å². The largest absolute Gasteiger partial charge is 0.381 e. The first-order valence-corrected chi connectivity index (χ1v) is 10.9. The molecule has 0 unspecified atom stereocenters. The van der Waals surface area contributed by atoms with E-state index in [-0.39, 0.29) is 5.92 Å². The average molecular weight is 381 g/mol. The Morgan fingerprint density at radius 2 is 1.93 bits per heavy atom. The van der Waals surface area contributed by atoms with E-state index in [2.05, 4.69) is 30.5 Å². The Labute approximate surface area is 167 Å². The van der Waals surface area contributed by atoms with Crippen LogP contribution in [-0.4, -0.2) is 26.6 Å². The van der Waals surface area contributed by atoms with Crippen molar-refractivity contribution in [2.45, 2.75) is 84.7 Å². The number of hydrogen-bond acceptors (Lipinski definition) is 4. The lowest BCUT2D eigenvalue weighted by Gasteiger charge is -2.29. The summed E-state index contributed by atoms with van der Waals surface area (Å²) in [6.45, 7) is 6.91. The summed E-state index contributed by atoms with van der Waals surface area (Å²) in [5.41, 5.74) is 6.52. The van der Waals surface area contributed by atoms with Crippen LogP contribution >= 0.6 is 0 Å². The van der Waals surface area contributed by atoms with E-state index in [4.69, 9.17) is 4.98 Å². The van der Waals surface area contributed by atoms with E-state index < -0.39 is 0 Å². The Morgan fingerprint density at radius 3 is 2.54 bits per heavy atom. The SMILES string of the molecule is CCCC(=C1CC1)c1cnc2c(cnn2CC)c1NC1CCC(C(C)=O)CC1. The van der Waals surface area contributed by atoms with Crippen LogP contribution in [0, 0.1) is 5.92 Å². The maximum absolute atomic E-state index is 11.7. The van der Waals surface area contributed by atoms with Crippen molar-refractivity contribution >= 4 is 28.1 Å². The number of hydrogen-bond donors (Lipinski definition) is 1. The molecule has 2 fully saturated rings. The molecule has 0 aliphatic heterocycles. The maximum atomic E-state index is 11.7. The summed E-state index contributed by atoms with van der Waals surface area (Å²) in [5, 5.41) is 9.56. The summed E-state index contributed by atoms with van der Waals surface area (Å²) in [4.78, 5) is 16.5. The van der Waals surface area contributed by atoms with Crippen molar-refractivity contribution in [1.82, 2.24) is 14.8 Å². The molecule has 2 aliphatic carbocycles. The van der Waals surface area contributed by atoms with E-state index in [0.29, 0.717) is 11.8 Å². The predicted octanol–water partition coefficient (Wildman–Crippen LogP) is 5.36. The Kier molecular flexibility index (Phi) is 5.51. The van der Waals surface area contributed by atoms with Gasteiger partial charge in [0.1, 0.15) is 5.78 Å². The van der Waals surface area contributed by atoms with Crippen molar-refractivity contribution in [2.75, 3.05) is 5.32 Å². The molecule has 1 N–H and O–H groups in total. The Morgan fingerprint density at radius 1 is 1.18 bits per heavy atom. The number of fused-ring (bicyclic) bond motifs is 1. The summed E-state index contributed by atoms with van der Waals surface area (Å²) in [6.07, 6.45) is 12.8. The molecule has 2 aromatic rings. The van der Waals surface area contributed by atoms with E-state index in [9.17, 15) is 4.79 Å². The molecule has 0 atom stereocenters. The van der Waals surface area contributed by atoms with Crippen LogP contribution in [0.5, 0.6) is 0 Å². The molecule has 0 saturated heterocycles. The number of aryl methyl sites for hydroxylation is 1. The van der Waals surface area contributed by atoms with E-state index in [1.165, 1.54) is 29.7 Å². The van der Waals surface area contributed by atoms with Gasteiger partial charge in [0.05, 0.1) is 17.3 Å². The summed E-state index contributed by atoms with van der Waals surface area (Å²) in [7, 11) is 0. The van der Waals surface area contributed by atoms with Gasteiger partial charge in [-0.15, -0.1) is 0 Å². The van der Waals surface area contributed by atoms with Crippen LogP contribution < -0.4 is 5.32 Å². The number of pyridine rings is 1. The molecule has 150 valence electrons. The van der Waals surface area contributed by atoms with Crippen LogP contribution in [0.3, 0.4) is 0 Å².